The first-order valence-corrected chi connectivity index (χ1v) is 8.61. The molecule has 0 saturated carbocycles. The van der Waals surface area contributed by atoms with E-state index in [-0.39, 0.29) is 5.91 Å². The van der Waals surface area contributed by atoms with Crippen LogP contribution in [0, 0.1) is 6.92 Å². The number of nitrogens with zero attached hydrogens (tertiary/aromatic N) is 3. The Balaban J connectivity index is 1.70. The maximum Gasteiger partial charge on any atom is 0.265 e. The molecular weight excluding hydrogens is 318 g/mol. The molecule has 2 aromatic heterocycles. The van der Waals surface area contributed by atoms with E-state index in [4.69, 9.17) is 11.6 Å². The quantitative estimate of drug-likeness (QED) is 0.843. The van der Waals surface area contributed by atoms with E-state index in [2.05, 4.69) is 16.0 Å². The zero-order chi connectivity index (χ0) is 15.5. The van der Waals surface area contributed by atoms with Gasteiger partial charge in [-0.2, -0.15) is 0 Å². The lowest BCUT2D eigenvalue weighted by Gasteiger charge is -2.23. The highest BCUT2D eigenvalue weighted by atomic mass is 35.5. The fourth-order valence-corrected chi connectivity index (χ4v) is 3.80. The van der Waals surface area contributed by atoms with Crippen molar-refractivity contribution >= 4 is 34.5 Å². The fraction of sp³-hybridized carbons (Fsp3) is 0.375. The molecule has 1 amide bonds. The van der Waals surface area contributed by atoms with E-state index in [0.29, 0.717) is 16.4 Å². The Kier molecular flexibility index (Phi) is 4.64. The Bertz CT molecular complexity index is 673. The molecule has 1 fully saturated rings. The highest BCUT2D eigenvalue weighted by molar-refractivity contribution is 7.12. The Morgan fingerprint density at radius 3 is 2.86 bits per heavy atom. The van der Waals surface area contributed by atoms with Crippen molar-refractivity contribution in [1.82, 2.24) is 9.88 Å². The van der Waals surface area contributed by atoms with Crippen LogP contribution in [0.5, 0.6) is 0 Å². The van der Waals surface area contributed by atoms with Gasteiger partial charge in [0.15, 0.2) is 0 Å². The van der Waals surface area contributed by atoms with Crippen LogP contribution >= 0.6 is 22.9 Å². The lowest BCUT2D eigenvalue weighted by Crippen LogP contribution is -2.35. The van der Waals surface area contributed by atoms with E-state index < -0.39 is 0 Å². The van der Waals surface area contributed by atoms with Crippen LogP contribution < -0.4 is 4.90 Å². The van der Waals surface area contributed by atoms with Gasteiger partial charge >= 0.3 is 0 Å². The molecule has 3 heterocycles. The first kappa shape index (κ1) is 15.3. The minimum Gasteiger partial charge on any atom is -0.370 e. The van der Waals surface area contributed by atoms with Crippen molar-refractivity contribution in [2.75, 3.05) is 31.1 Å². The average Bonchev–Trinajstić information content (AvgIpc) is 2.79. The number of halogens is 1. The maximum atomic E-state index is 12.6. The smallest absolute Gasteiger partial charge is 0.265 e. The lowest BCUT2D eigenvalue weighted by molar-refractivity contribution is 0.0772. The van der Waals surface area contributed by atoms with Gasteiger partial charge in [-0.15, -0.1) is 11.3 Å². The summed E-state index contributed by atoms with van der Waals surface area (Å²) in [6, 6.07) is 5.90. The van der Waals surface area contributed by atoms with Gasteiger partial charge in [0.05, 0.1) is 5.02 Å². The first-order chi connectivity index (χ1) is 10.6. The van der Waals surface area contributed by atoms with Crippen molar-refractivity contribution in [1.29, 1.82) is 0 Å². The molecule has 3 rings (SSSR count). The third-order valence-corrected chi connectivity index (χ3v) is 5.17. The molecule has 0 aromatic carbocycles. The minimum atomic E-state index is 0.0489. The van der Waals surface area contributed by atoms with Gasteiger partial charge in [-0.05, 0) is 36.9 Å². The first-order valence-electron chi connectivity index (χ1n) is 7.35. The molecule has 0 N–H and O–H groups in total. The summed E-state index contributed by atoms with van der Waals surface area (Å²) in [5.74, 6) is 0.0489. The third-order valence-electron chi connectivity index (χ3n) is 3.84. The Morgan fingerprint density at radius 1 is 1.27 bits per heavy atom. The molecule has 0 spiro atoms. The van der Waals surface area contributed by atoms with Crippen molar-refractivity contribution in [2.24, 2.45) is 0 Å². The van der Waals surface area contributed by atoms with Crippen LogP contribution in [0.4, 0.5) is 5.69 Å². The van der Waals surface area contributed by atoms with Crippen LogP contribution in [0.3, 0.4) is 0 Å². The number of carbonyl (C=O) groups excluding carboxylic acids is 1. The normalized spacial score (nSPS) is 15.7. The van der Waals surface area contributed by atoms with Gasteiger partial charge in [0, 0.05) is 43.8 Å². The molecule has 1 aliphatic heterocycles. The number of thiophene rings is 1. The Morgan fingerprint density at radius 2 is 2.14 bits per heavy atom. The minimum absolute atomic E-state index is 0.0489. The molecule has 0 atom stereocenters. The predicted molar refractivity (Wildman–Crippen MR) is 91.0 cm³/mol. The summed E-state index contributed by atoms with van der Waals surface area (Å²) in [7, 11) is 0. The number of rotatable bonds is 2. The Hall–Kier alpha value is -1.59. The molecule has 0 aliphatic carbocycles. The summed E-state index contributed by atoms with van der Waals surface area (Å²) in [4.78, 5) is 21.7. The molecule has 22 heavy (non-hydrogen) atoms. The average molecular weight is 336 g/mol. The number of hydrogen-bond donors (Lipinski definition) is 0. The van der Waals surface area contributed by atoms with Gasteiger partial charge in [0.1, 0.15) is 4.88 Å². The predicted octanol–water partition coefficient (Wildman–Crippen LogP) is 3.46. The summed E-state index contributed by atoms with van der Waals surface area (Å²) < 4.78 is 0. The molecule has 2 aromatic rings. The molecular formula is C16H18ClN3OS. The third kappa shape index (κ3) is 3.25. The highest BCUT2D eigenvalue weighted by Crippen LogP contribution is 2.24. The van der Waals surface area contributed by atoms with Crippen molar-refractivity contribution in [3.8, 4) is 0 Å². The van der Waals surface area contributed by atoms with E-state index in [1.54, 1.807) is 6.07 Å². The molecule has 0 bridgehead atoms. The van der Waals surface area contributed by atoms with Gasteiger partial charge in [-0.25, -0.2) is 0 Å². The molecule has 0 unspecified atom stereocenters. The zero-order valence-electron chi connectivity index (χ0n) is 12.5. The van der Waals surface area contributed by atoms with E-state index in [1.807, 2.05) is 29.5 Å². The highest BCUT2D eigenvalue weighted by Gasteiger charge is 2.23. The molecule has 116 valence electrons. The van der Waals surface area contributed by atoms with Gasteiger partial charge in [-0.3, -0.25) is 9.78 Å². The Labute approximate surface area is 139 Å². The topological polar surface area (TPSA) is 36.4 Å². The number of anilines is 1. The molecule has 1 saturated heterocycles. The van der Waals surface area contributed by atoms with Crippen molar-refractivity contribution in [2.45, 2.75) is 13.3 Å². The SMILES string of the molecule is Cc1cc(N2CCCN(C(=O)c3sccc3Cl)CC2)ccn1. The molecule has 1 aliphatic rings. The number of hydrogen-bond acceptors (Lipinski definition) is 4. The van der Waals surface area contributed by atoms with Crippen LogP contribution in [0.2, 0.25) is 5.02 Å². The van der Waals surface area contributed by atoms with Gasteiger partial charge in [0.2, 0.25) is 0 Å². The van der Waals surface area contributed by atoms with E-state index in [0.717, 1.165) is 31.7 Å². The number of pyridine rings is 1. The van der Waals surface area contributed by atoms with Gasteiger partial charge < -0.3 is 9.80 Å². The van der Waals surface area contributed by atoms with Crippen LogP contribution in [-0.4, -0.2) is 42.0 Å². The number of aromatic nitrogens is 1. The van der Waals surface area contributed by atoms with Crippen LogP contribution in [0.1, 0.15) is 21.8 Å². The van der Waals surface area contributed by atoms with Gasteiger partial charge in [0.25, 0.3) is 5.91 Å². The van der Waals surface area contributed by atoms with Crippen LogP contribution in [0.15, 0.2) is 29.8 Å². The number of aryl methyl sites for hydroxylation is 1. The summed E-state index contributed by atoms with van der Waals surface area (Å²) in [6.07, 6.45) is 2.79. The summed E-state index contributed by atoms with van der Waals surface area (Å²) in [5, 5.41) is 2.42. The van der Waals surface area contributed by atoms with Crippen LogP contribution in [0.25, 0.3) is 0 Å². The fourth-order valence-electron chi connectivity index (χ4n) is 2.70. The molecule has 4 nitrogen and oxygen atoms in total. The molecule has 0 radical (unpaired) electrons. The second-order valence-electron chi connectivity index (χ2n) is 5.39. The maximum absolute atomic E-state index is 12.6. The second-order valence-corrected chi connectivity index (χ2v) is 6.71. The second kappa shape index (κ2) is 6.67. The van der Waals surface area contributed by atoms with Gasteiger partial charge in [-0.1, -0.05) is 11.6 Å². The van der Waals surface area contributed by atoms with E-state index >= 15 is 0 Å². The standard InChI is InChI=1S/C16H18ClN3OS/c1-12-11-13(3-5-18-12)19-6-2-7-20(9-8-19)16(21)15-14(17)4-10-22-15/h3-5,10-11H,2,6-9H2,1H3. The number of carbonyl (C=O) groups is 1. The summed E-state index contributed by atoms with van der Waals surface area (Å²) in [5.41, 5.74) is 2.19. The number of amides is 1. The van der Waals surface area contributed by atoms with Crippen molar-refractivity contribution in [3.63, 3.8) is 0 Å². The van der Waals surface area contributed by atoms with E-state index in [9.17, 15) is 4.79 Å². The summed E-state index contributed by atoms with van der Waals surface area (Å²) in [6.45, 7) is 5.27. The summed E-state index contributed by atoms with van der Waals surface area (Å²) >= 11 is 7.49. The van der Waals surface area contributed by atoms with Crippen molar-refractivity contribution in [3.05, 3.63) is 45.4 Å². The van der Waals surface area contributed by atoms with Crippen LogP contribution in [-0.2, 0) is 0 Å². The largest absolute Gasteiger partial charge is 0.370 e. The lowest BCUT2D eigenvalue weighted by atomic mass is 10.3. The zero-order valence-corrected chi connectivity index (χ0v) is 14.0. The van der Waals surface area contributed by atoms with Crippen molar-refractivity contribution < 1.29 is 4.79 Å². The molecule has 6 heteroatoms. The van der Waals surface area contributed by atoms with E-state index in [1.165, 1.54) is 17.0 Å². The monoisotopic (exact) mass is 335 g/mol.